The summed E-state index contributed by atoms with van der Waals surface area (Å²) in [6, 6.07) is 3.31. The number of aliphatic carboxylic acids is 1. The highest BCUT2D eigenvalue weighted by atomic mass is 32.2. The molecular formula is C13H13F3N2O3S. The Morgan fingerprint density at radius 2 is 2.09 bits per heavy atom. The van der Waals surface area contributed by atoms with Crippen LogP contribution >= 0.6 is 11.8 Å². The van der Waals surface area contributed by atoms with Gasteiger partial charge in [-0.25, -0.2) is 0 Å². The molecule has 0 saturated heterocycles. The Hall–Kier alpha value is -1.90. The number of hydrogen-bond acceptors (Lipinski definition) is 5. The predicted octanol–water partition coefficient (Wildman–Crippen LogP) is 2.53. The maximum absolute atomic E-state index is 13.0. The summed E-state index contributed by atoms with van der Waals surface area (Å²) in [5, 5.41) is 20.5. The third kappa shape index (κ3) is 4.06. The molecule has 2 rings (SSSR count). The van der Waals surface area contributed by atoms with Gasteiger partial charge in [0.05, 0.1) is 11.8 Å². The number of aromatic hydroxyl groups is 1. The minimum atomic E-state index is -4.49. The molecule has 0 amide bonds. The number of rotatable bonds is 3. The van der Waals surface area contributed by atoms with Crippen molar-refractivity contribution in [2.75, 3.05) is 5.75 Å². The lowest BCUT2D eigenvalue weighted by Gasteiger charge is -2.31. The molecule has 5 nitrogen and oxygen atoms in total. The number of halogens is 3. The van der Waals surface area contributed by atoms with Crippen molar-refractivity contribution in [3.05, 3.63) is 29.8 Å². The van der Waals surface area contributed by atoms with Gasteiger partial charge in [-0.1, -0.05) is 30.0 Å². The van der Waals surface area contributed by atoms with Crippen LogP contribution in [-0.2, 0) is 4.79 Å². The highest BCUT2D eigenvalue weighted by Gasteiger charge is 2.44. The van der Waals surface area contributed by atoms with E-state index >= 15 is 0 Å². The van der Waals surface area contributed by atoms with Gasteiger partial charge in [0, 0.05) is 12.0 Å². The van der Waals surface area contributed by atoms with E-state index in [1.165, 1.54) is 12.1 Å². The number of carboxylic acid groups (broad SMARTS) is 1. The molecule has 0 saturated carbocycles. The number of amidine groups is 1. The molecule has 3 N–H and O–H groups in total. The Balaban J connectivity index is 2.28. The molecule has 22 heavy (non-hydrogen) atoms. The number of nitrogens with zero attached hydrogens (tertiary/aromatic N) is 1. The number of nitrogens with one attached hydrogen (secondary N) is 1. The van der Waals surface area contributed by atoms with Crippen LogP contribution < -0.4 is 5.32 Å². The van der Waals surface area contributed by atoms with E-state index in [4.69, 9.17) is 5.11 Å². The smallest absolute Gasteiger partial charge is 0.408 e. The maximum Gasteiger partial charge on any atom is 0.408 e. The molecule has 1 aliphatic rings. The van der Waals surface area contributed by atoms with Crippen LogP contribution in [0.5, 0.6) is 5.75 Å². The van der Waals surface area contributed by atoms with Crippen molar-refractivity contribution in [3.63, 3.8) is 0 Å². The SMILES string of the molecule is O=C(O)CSC1=N[C@H](c2ccccc2O)C[C@H](C(F)(F)F)N1. The van der Waals surface area contributed by atoms with Crippen molar-refractivity contribution < 1.29 is 28.2 Å². The highest BCUT2D eigenvalue weighted by Crippen LogP contribution is 2.37. The largest absolute Gasteiger partial charge is 0.508 e. The standard InChI is InChI=1S/C13H13F3N2O3S/c14-13(15,16)10-5-8(7-3-1-2-4-9(7)19)17-12(18-10)22-6-11(20)21/h1-4,8,10,19H,5-6H2,(H,17,18)(H,20,21)/t8-,10+/m0/s1. The van der Waals surface area contributed by atoms with Crippen LogP contribution in [0, 0.1) is 0 Å². The number of aliphatic imine (C=N–C) groups is 1. The zero-order valence-corrected chi connectivity index (χ0v) is 12.0. The Labute approximate surface area is 128 Å². The molecule has 1 heterocycles. The summed E-state index contributed by atoms with van der Waals surface area (Å²) in [6.07, 6.45) is -4.86. The molecule has 9 heteroatoms. The third-order valence-corrected chi connectivity index (χ3v) is 3.94. The minimum absolute atomic E-state index is 0.0933. The van der Waals surface area contributed by atoms with E-state index < -0.39 is 30.0 Å². The molecule has 1 aromatic rings. The van der Waals surface area contributed by atoms with Crippen LogP contribution in [0.1, 0.15) is 18.0 Å². The normalized spacial score (nSPS) is 21.9. The van der Waals surface area contributed by atoms with Gasteiger partial charge in [-0.05, 0) is 6.07 Å². The molecular weight excluding hydrogens is 321 g/mol. The number of benzene rings is 1. The number of thioether (sulfide) groups is 1. The fraction of sp³-hybridized carbons (Fsp3) is 0.385. The number of carboxylic acids is 1. The van der Waals surface area contributed by atoms with Crippen LogP contribution in [-0.4, -0.2) is 39.3 Å². The lowest BCUT2D eigenvalue weighted by atomic mass is 9.97. The number of para-hydroxylation sites is 1. The van der Waals surface area contributed by atoms with Gasteiger partial charge in [0.15, 0.2) is 5.17 Å². The first kappa shape index (κ1) is 16.5. The van der Waals surface area contributed by atoms with Crippen LogP contribution in [0.2, 0.25) is 0 Å². The summed E-state index contributed by atoms with van der Waals surface area (Å²) < 4.78 is 39.0. The van der Waals surface area contributed by atoms with Gasteiger partial charge in [-0.15, -0.1) is 0 Å². The van der Waals surface area contributed by atoms with Crippen LogP contribution in [0.25, 0.3) is 0 Å². The molecule has 1 aromatic carbocycles. The molecule has 0 bridgehead atoms. The fourth-order valence-corrected chi connectivity index (χ4v) is 2.74. The maximum atomic E-state index is 13.0. The monoisotopic (exact) mass is 334 g/mol. The zero-order chi connectivity index (χ0) is 16.3. The number of hydrogen-bond donors (Lipinski definition) is 3. The second-order valence-electron chi connectivity index (χ2n) is 4.67. The van der Waals surface area contributed by atoms with Gasteiger partial charge in [0.2, 0.25) is 0 Å². The van der Waals surface area contributed by atoms with Gasteiger partial charge in [-0.2, -0.15) is 13.2 Å². The Morgan fingerprint density at radius 3 is 2.68 bits per heavy atom. The first-order chi connectivity index (χ1) is 10.3. The van der Waals surface area contributed by atoms with Gasteiger partial charge >= 0.3 is 12.1 Å². The topological polar surface area (TPSA) is 81.9 Å². The summed E-state index contributed by atoms with van der Waals surface area (Å²) in [4.78, 5) is 14.7. The predicted molar refractivity (Wildman–Crippen MR) is 76.0 cm³/mol. The summed E-state index contributed by atoms with van der Waals surface area (Å²) >= 11 is 0.687. The molecule has 0 fully saturated rings. The number of alkyl halides is 3. The summed E-state index contributed by atoms with van der Waals surface area (Å²) in [6.45, 7) is 0. The second-order valence-corrected chi connectivity index (χ2v) is 5.63. The number of phenols is 1. The van der Waals surface area contributed by atoms with E-state index in [0.717, 1.165) is 0 Å². The number of carbonyl (C=O) groups is 1. The van der Waals surface area contributed by atoms with Gasteiger partial charge in [-0.3, -0.25) is 9.79 Å². The Morgan fingerprint density at radius 1 is 1.41 bits per heavy atom. The van der Waals surface area contributed by atoms with Crippen molar-refractivity contribution in [3.8, 4) is 5.75 Å². The van der Waals surface area contributed by atoms with Crippen LogP contribution in [0.4, 0.5) is 13.2 Å². The molecule has 0 aromatic heterocycles. The van der Waals surface area contributed by atoms with E-state index in [2.05, 4.69) is 10.3 Å². The third-order valence-electron chi connectivity index (χ3n) is 3.05. The van der Waals surface area contributed by atoms with E-state index in [1.807, 2.05) is 0 Å². The van der Waals surface area contributed by atoms with Crippen molar-refractivity contribution >= 4 is 22.9 Å². The first-order valence-corrected chi connectivity index (χ1v) is 7.29. The molecule has 0 radical (unpaired) electrons. The van der Waals surface area contributed by atoms with E-state index in [-0.39, 0.29) is 22.9 Å². The lowest BCUT2D eigenvalue weighted by Crippen LogP contribution is -2.48. The summed E-state index contributed by atoms with van der Waals surface area (Å²) in [5.41, 5.74) is 0.284. The highest BCUT2D eigenvalue weighted by molar-refractivity contribution is 8.14. The van der Waals surface area contributed by atoms with Crippen molar-refractivity contribution in [2.45, 2.75) is 24.7 Å². The Kier molecular flexibility index (Phi) is 4.84. The van der Waals surface area contributed by atoms with Gasteiger partial charge < -0.3 is 15.5 Å². The Bertz CT molecular complexity index is 592. The van der Waals surface area contributed by atoms with Crippen molar-refractivity contribution in [1.82, 2.24) is 5.32 Å². The molecule has 120 valence electrons. The molecule has 0 spiro atoms. The lowest BCUT2D eigenvalue weighted by molar-refractivity contribution is -0.155. The average Bonchev–Trinajstić information content (AvgIpc) is 2.44. The quantitative estimate of drug-likeness (QED) is 0.791. The van der Waals surface area contributed by atoms with E-state index in [1.54, 1.807) is 12.1 Å². The fourth-order valence-electron chi connectivity index (χ4n) is 2.05. The van der Waals surface area contributed by atoms with Crippen LogP contribution in [0.3, 0.4) is 0 Å². The minimum Gasteiger partial charge on any atom is -0.508 e. The van der Waals surface area contributed by atoms with E-state index in [0.29, 0.717) is 11.8 Å². The zero-order valence-electron chi connectivity index (χ0n) is 11.2. The molecule has 1 aliphatic heterocycles. The van der Waals surface area contributed by atoms with Crippen LogP contribution in [0.15, 0.2) is 29.3 Å². The first-order valence-electron chi connectivity index (χ1n) is 6.31. The number of phenolic OH excluding ortho intramolecular Hbond substituents is 1. The molecule has 0 aliphatic carbocycles. The van der Waals surface area contributed by atoms with Gasteiger partial charge in [0.25, 0.3) is 0 Å². The van der Waals surface area contributed by atoms with E-state index in [9.17, 15) is 23.1 Å². The average molecular weight is 334 g/mol. The summed E-state index contributed by atoms with van der Waals surface area (Å²) in [5.74, 6) is -1.69. The molecule has 0 unspecified atom stereocenters. The van der Waals surface area contributed by atoms with Gasteiger partial charge in [0.1, 0.15) is 11.8 Å². The van der Waals surface area contributed by atoms with Crippen molar-refractivity contribution in [2.24, 2.45) is 4.99 Å². The second kappa shape index (κ2) is 6.47. The summed E-state index contributed by atoms with van der Waals surface area (Å²) in [7, 11) is 0. The molecule has 2 atom stereocenters. The van der Waals surface area contributed by atoms with Crippen molar-refractivity contribution in [1.29, 1.82) is 0 Å².